The zero-order valence-corrected chi connectivity index (χ0v) is 10.6. The largest absolute Gasteiger partial charge is 0.316 e. The number of nitrogens with one attached hydrogen (secondary N) is 1. The molecule has 1 aromatic carbocycles. The molecule has 2 fully saturated rings. The van der Waals surface area contributed by atoms with Gasteiger partial charge in [0.05, 0.1) is 10.0 Å². The van der Waals surface area contributed by atoms with Crippen LogP contribution in [-0.2, 0) is 5.41 Å². The third kappa shape index (κ3) is 1.49. The van der Waals surface area contributed by atoms with E-state index in [9.17, 15) is 0 Å². The summed E-state index contributed by atoms with van der Waals surface area (Å²) in [5.41, 5.74) is 1.70. The lowest BCUT2D eigenvalue weighted by Gasteiger charge is -2.29. The molecule has 1 nitrogen and oxygen atoms in total. The quantitative estimate of drug-likeness (QED) is 0.809. The molecule has 0 amide bonds. The Bertz CT molecular complexity index is 406. The van der Waals surface area contributed by atoms with Gasteiger partial charge < -0.3 is 5.32 Å². The summed E-state index contributed by atoms with van der Waals surface area (Å²) in [6.45, 7) is 2.25. The third-order valence-corrected chi connectivity index (χ3v) is 5.02. The van der Waals surface area contributed by atoms with Crippen molar-refractivity contribution in [3.8, 4) is 0 Å². The molecule has 0 aromatic heterocycles. The molecule has 16 heavy (non-hydrogen) atoms. The third-order valence-electron chi connectivity index (χ3n) is 4.28. The number of rotatable bonds is 1. The van der Waals surface area contributed by atoms with Crippen LogP contribution in [0.25, 0.3) is 0 Å². The maximum atomic E-state index is 6.13. The maximum Gasteiger partial charge on any atom is 0.0595 e. The van der Waals surface area contributed by atoms with E-state index in [1.165, 1.54) is 24.8 Å². The summed E-state index contributed by atoms with van der Waals surface area (Å²) in [4.78, 5) is 0. The molecular formula is C13H15Cl2N. The average molecular weight is 256 g/mol. The monoisotopic (exact) mass is 255 g/mol. The first-order valence-corrected chi connectivity index (χ1v) is 6.64. The van der Waals surface area contributed by atoms with Crippen LogP contribution in [0.3, 0.4) is 0 Å². The maximum absolute atomic E-state index is 6.13. The van der Waals surface area contributed by atoms with Crippen molar-refractivity contribution in [3.05, 3.63) is 33.8 Å². The molecule has 1 aromatic rings. The number of hydrogen-bond donors (Lipinski definition) is 1. The highest BCUT2D eigenvalue weighted by Crippen LogP contribution is 2.48. The number of benzene rings is 1. The Labute approximate surface area is 106 Å². The van der Waals surface area contributed by atoms with Gasteiger partial charge in [-0.15, -0.1) is 0 Å². The molecular weight excluding hydrogens is 241 g/mol. The van der Waals surface area contributed by atoms with Gasteiger partial charge in [-0.1, -0.05) is 35.7 Å². The van der Waals surface area contributed by atoms with Gasteiger partial charge in [-0.25, -0.2) is 0 Å². The Morgan fingerprint density at radius 2 is 2.12 bits per heavy atom. The van der Waals surface area contributed by atoms with Crippen LogP contribution >= 0.6 is 23.2 Å². The molecule has 2 unspecified atom stereocenters. The summed E-state index contributed by atoms with van der Waals surface area (Å²) < 4.78 is 0. The fourth-order valence-corrected chi connectivity index (χ4v) is 3.73. The molecule has 0 bridgehead atoms. The number of hydrogen-bond acceptors (Lipinski definition) is 1. The van der Waals surface area contributed by atoms with Crippen molar-refractivity contribution in [1.29, 1.82) is 0 Å². The molecule has 0 radical (unpaired) electrons. The topological polar surface area (TPSA) is 12.0 Å². The molecule has 1 aliphatic carbocycles. The predicted octanol–water partition coefficient (Wildman–Crippen LogP) is 3.63. The molecule has 86 valence electrons. The van der Waals surface area contributed by atoms with Crippen molar-refractivity contribution in [2.24, 2.45) is 5.92 Å². The number of fused-ring (bicyclic) bond motifs is 1. The Hall–Kier alpha value is -0.240. The Morgan fingerprint density at radius 3 is 2.94 bits per heavy atom. The van der Waals surface area contributed by atoms with E-state index < -0.39 is 0 Å². The van der Waals surface area contributed by atoms with Crippen LogP contribution < -0.4 is 5.32 Å². The van der Waals surface area contributed by atoms with Crippen molar-refractivity contribution in [1.82, 2.24) is 5.32 Å². The molecule has 3 heteroatoms. The van der Waals surface area contributed by atoms with E-state index in [0.717, 1.165) is 19.0 Å². The molecule has 1 N–H and O–H groups in total. The fraction of sp³-hybridized carbons (Fsp3) is 0.538. The van der Waals surface area contributed by atoms with Crippen LogP contribution in [0.1, 0.15) is 24.8 Å². The van der Waals surface area contributed by atoms with Crippen molar-refractivity contribution < 1.29 is 0 Å². The first kappa shape index (κ1) is 10.9. The van der Waals surface area contributed by atoms with E-state index in [0.29, 0.717) is 15.5 Å². The summed E-state index contributed by atoms with van der Waals surface area (Å²) in [7, 11) is 0. The minimum absolute atomic E-state index is 0.328. The SMILES string of the molecule is Clc1ccc(C23CCCC2CNC3)cc1Cl. The summed E-state index contributed by atoms with van der Waals surface area (Å²) in [5, 5.41) is 4.86. The summed E-state index contributed by atoms with van der Waals surface area (Å²) >= 11 is 12.1. The minimum atomic E-state index is 0.328. The molecule has 2 atom stereocenters. The van der Waals surface area contributed by atoms with Gasteiger partial charge in [-0.3, -0.25) is 0 Å². The Balaban J connectivity index is 2.04. The molecule has 1 saturated carbocycles. The van der Waals surface area contributed by atoms with Gasteiger partial charge in [0.1, 0.15) is 0 Å². The molecule has 1 heterocycles. The van der Waals surface area contributed by atoms with E-state index in [-0.39, 0.29) is 0 Å². The molecule has 1 saturated heterocycles. The van der Waals surface area contributed by atoms with Crippen molar-refractivity contribution >= 4 is 23.2 Å². The van der Waals surface area contributed by atoms with Crippen LogP contribution in [-0.4, -0.2) is 13.1 Å². The van der Waals surface area contributed by atoms with E-state index in [1.54, 1.807) is 0 Å². The normalized spacial score (nSPS) is 33.0. The zero-order valence-electron chi connectivity index (χ0n) is 9.10. The molecule has 1 aliphatic heterocycles. The molecule has 0 spiro atoms. The van der Waals surface area contributed by atoms with E-state index in [2.05, 4.69) is 17.4 Å². The lowest BCUT2D eigenvalue weighted by atomic mass is 9.75. The summed E-state index contributed by atoms with van der Waals surface area (Å²) in [6, 6.07) is 6.15. The Kier molecular flexibility index (Phi) is 2.66. The summed E-state index contributed by atoms with van der Waals surface area (Å²) in [5.74, 6) is 0.782. The standard InChI is InChI=1S/C13H15Cl2N/c14-11-4-3-9(6-12(11)15)13-5-1-2-10(13)7-16-8-13/h3-4,6,10,16H,1-2,5,7-8H2. The molecule has 3 rings (SSSR count). The highest BCUT2D eigenvalue weighted by molar-refractivity contribution is 6.42. The predicted molar refractivity (Wildman–Crippen MR) is 68.4 cm³/mol. The van der Waals surface area contributed by atoms with Crippen molar-refractivity contribution in [2.45, 2.75) is 24.7 Å². The van der Waals surface area contributed by atoms with Crippen LogP contribution in [0.5, 0.6) is 0 Å². The van der Waals surface area contributed by atoms with Gasteiger partial charge in [-0.05, 0) is 43.0 Å². The fourth-order valence-electron chi connectivity index (χ4n) is 3.43. The second-order valence-corrected chi connectivity index (χ2v) is 5.82. The average Bonchev–Trinajstić information content (AvgIpc) is 2.81. The second kappa shape index (κ2) is 3.90. The Morgan fingerprint density at radius 1 is 1.25 bits per heavy atom. The van der Waals surface area contributed by atoms with Crippen LogP contribution in [0.4, 0.5) is 0 Å². The van der Waals surface area contributed by atoms with E-state index in [1.807, 2.05) is 6.07 Å². The second-order valence-electron chi connectivity index (χ2n) is 5.01. The highest BCUT2D eigenvalue weighted by Gasteiger charge is 2.47. The van der Waals surface area contributed by atoms with Gasteiger partial charge in [0.15, 0.2) is 0 Å². The van der Waals surface area contributed by atoms with Gasteiger partial charge in [-0.2, -0.15) is 0 Å². The highest BCUT2D eigenvalue weighted by atomic mass is 35.5. The first-order valence-electron chi connectivity index (χ1n) is 5.89. The lowest BCUT2D eigenvalue weighted by molar-refractivity contribution is 0.402. The van der Waals surface area contributed by atoms with Crippen LogP contribution in [0, 0.1) is 5.92 Å². The first-order chi connectivity index (χ1) is 7.72. The van der Waals surface area contributed by atoms with E-state index in [4.69, 9.17) is 23.2 Å². The van der Waals surface area contributed by atoms with Gasteiger partial charge in [0.25, 0.3) is 0 Å². The lowest BCUT2D eigenvalue weighted by Crippen LogP contribution is -2.30. The van der Waals surface area contributed by atoms with Gasteiger partial charge in [0.2, 0.25) is 0 Å². The minimum Gasteiger partial charge on any atom is -0.316 e. The zero-order chi connectivity index (χ0) is 11.2. The van der Waals surface area contributed by atoms with Gasteiger partial charge in [0, 0.05) is 12.0 Å². The molecule has 2 aliphatic rings. The van der Waals surface area contributed by atoms with Crippen molar-refractivity contribution in [3.63, 3.8) is 0 Å². The number of halogens is 2. The summed E-state index contributed by atoms with van der Waals surface area (Å²) in [6.07, 6.45) is 3.96. The van der Waals surface area contributed by atoms with Crippen LogP contribution in [0.2, 0.25) is 10.0 Å². The van der Waals surface area contributed by atoms with Crippen molar-refractivity contribution in [2.75, 3.05) is 13.1 Å². The smallest absolute Gasteiger partial charge is 0.0595 e. The van der Waals surface area contributed by atoms with E-state index >= 15 is 0 Å². The van der Waals surface area contributed by atoms with Crippen LogP contribution in [0.15, 0.2) is 18.2 Å². The van der Waals surface area contributed by atoms with Gasteiger partial charge >= 0.3 is 0 Å².